The number of hydrogen-bond donors (Lipinski definition) is 2. The smallest absolute Gasteiger partial charge is 0.246 e. The molecule has 0 radical (unpaired) electrons. The minimum Gasteiger partial charge on any atom is -0.385 e. The van der Waals surface area contributed by atoms with Gasteiger partial charge >= 0.3 is 0 Å². The fraction of sp³-hybridized carbons (Fsp3) is 0.607. The van der Waals surface area contributed by atoms with Gasteiger partial charge in [0, 0.05) is 32.0 Å². The molecule has 8 nitrogen and oxygen atoms in total. The molecule has 1 aliphatic carbocycles. The molecule has 8 heteroatoms. The fourth-order valence-corrected chi connectivity index (χ4v) is 6.69. The number of likely N-dealkylation sites (tertiary alicyclic amines) is 1. The Morgan fingerprint density at radius 1 is 1.11 bits per heavy atom. The van der Waals surface area contributed by atoms with Crippen LogP contribution in [0.4, 0.5) is 5.69 Å². The molecule has 5 rings (SSSR count). The van der Waals surface area contributed by atoms with E-state index in [1.54, 1.807) is 12.0 Å². The molecule has 3 fully saturated rings. The summed E-state index contributed by atoms with van der Waals surface area (Å²) in [5, 5.41) is 6.22. The second-order valence-corrected chi connectivity index (χ2v) is 10.8. The first-order chi connectivity index (χ1) is 17.3. The van der Waals surface area contributed by atoms with Gasteiger partial charge in [-0.15, -0.1) is 0 Å². The van der Waals surface area contributed by atoms with E-state index in [2.05, 4.69) is 10.6 Å². The van der Waals surface area contributed by atoms with E-state index in [0.29, 0.717) is 25.3 Å². The number of methoxy groups -OCH3 is 1. The number of hydrogen-bond acceptors (Lipinski definition) is 5. The van der Waals surface area contributed by atoms with Crippen molar-refractivity contribution in [1.82, 2.24) is 10.2 Å². The number of rotatable bonds is 8. The Hall–Kier alpha value is -2.71. The van der Waals surface area contributed by atoms with Crippen LogP contribution in [0.5, 0.6) is 0 Å². The van der Waals surface area contributed by atoms with Crippen LogP contribution in [-0.4, -0.2) is 66.7 Å². The third kappa shape index (κ3) is 4.34. The van der Waals surface area contributed by atoms with Crippen molar-refractivity contribution in [1.29, 1.82) is 0 Å². The summed E-state index contributed by atoms with van der Waals surface area (Å²) in [6, 6.07) is 5.19. The van der Waals surface area contributed by atoms with E-state index in [4.69, 9.17) is 9.47 Å². The largest absolute Gasteiger partial charge is 0.385 e. The number of anilines is 1. The topological polar surface area (TPSA) is 97.0 Å². The molecule has 1 aromatic rings. The van der Waals surface area contributed by atoms with Crippen molar-refractivity contribution in [2.24, 2.45) is 11.8 Å². The van der Waals surface area contributed by atoms with E-state index < -0.39 is 29.6 Å². The molecule has 3 aliphatic heterocycles. The zero-order valence-corrected chi connectivity index (χ0v) is 21.4. The van der Waals surface area contributed by atoms with Gasteiger partial charge in [0.1, 0.15) is 11.6 Å². The number of carbonyl (C=O) groups is 3. The first kappa shape index (κ1) is 25.0. The molecule has 0 aromatic heterocycles. The summed E-state index contributed by atoms with van der Waals surface area (Å²) in [5.41, 5.74) is 1.67. The predicted molar refractivity (Wildman–Crippen MR) is 135 cm³/mol. The molecule has 2 N–H and O–H groups in total. The van der Waals surface area contributed by atoms with Gasteiger partial charge in [-0.25, -0.2) is 0 Å². The number of nitrogens with zero attached hydrogens (tertiary/aromatic N) is 1. The zero-order chi connectivity index (χ0) is 25.4. The summed E-state index contributed by atoms with van der Waals surface area (Å²) >= 11 is 0. The predicted octanol–water partition coefficient (Wildman–Crippen LogP) is 2.88. The summed E-state index contributed by atoms with van der Waals surface area (Å²) in [6.07, 6.45) is 9.07. The highest BCUT2D eigenvalue weighted by Crippen LogP contribution is 2.55. The second kappa shape index (κ2) is 9.98. The zero-order valence-electron chi connectivity index (χ0n) is 21.4. The Kier molecular flexibility index (Phi) is 6.92. The average Bonchev–Trinajstić information content (AvgIpc) is 3.47. The number of fused-ring (bicyclic) bond motifs is 1. The Morgan fingerprint density at radius 3 is 2.53 bits per heavy atom. The highest BCUT2D eigenvalue weighted by atomic mass is 16.5. The summed E-state index contributed by atoms with van der Waals surface area (Å²) in [7, 11) is 1.62. The van der Waals surface area contributed by atoms with Crippen molar-refractivity contribution in [3.63, 3.8) is 0 Å². The highest BCUT2D eigenvalue weighted by molar-refractivity contribution is 6.02. The number of amides is 3. The second-order valence-electron chi connectivity index (χ2n) is 10.8. The maximum absolute atomic E-state index is 13.9. The van der Waals surface area contributed by atoms with E-state index in [1.807, 2.05) is 44.2 Å². The maximum Gasteiger partial charge on any atom is 0.246 e. The molecule has 1 saturated carbocycles. The van der Waals surface area contributed by atoms with Crippen LogP contribution >= 0.6 is 0 Å². The number of benzene rings is 1. The van der Waals surface area contributed by atoms with Gasteiger partial charge in [-0.3, -0.25) is 14.4 Å². The van der Waals surface area contributed by atoms with E-state index in [1.165, 1.54) is 6.42 Å². The van der Waals surface area contributed by atoms with Gasteiger partial charge in [0.15, 0.2) is 0 Å². The van der Waals surface area contributed by atoms with Crippen LogP contribution in [0.25, 0.3) is 0 Å². The Balaban J connectivity index is 1.42. The SMILES string of the molecule is COCCCN1C(=O)[C@@H]2C(C(=O)Nc3cc(C)cc(C)c3)[C@@H]3C=CC2(O3)C1C(=O)NC1CCCCC1. The molecule has 194 valence electrons. The van der Waals surface area contributed by atoms with E-state index in [-0.39, 0.29) is 23.8 Å². The van der Waals surface area contributed by atoms with Crippen LogP contribution in [0, 0.1) is 25.7 Å². The number of ether oxygens (including phenoxy) is 2. The lowest BCUT2D eigenvalue weighted by atomic mass is 9.74. The molecule has 2 saturated heterocycles. The van der Waals surface area contributed by atoms with Crippen molar-refractivity contribution >= 4 is 23.4 Å². The van der Waals surface area contributed by atoms with E-state index >= 15 is 0 Å². The van der Waals surface area contributed by atoms with Crippen LogP contribution in [0.1, 0.15) is 49.7 Å². The normalized spacial score (nSPS) is 31.1. The van der Waals surface area contributed by atoms with Gasteiger partial charge in [-0.2, -0.15) is 0 Å². The van der Waals surface area contributed by atoms with Crippen LogP contribution in [0.3, 0.4) is 0 Å². The van der Waals surface area contributed by atoms with E-state index in [0.717, 1.165) is 36.8 Å². The minimum atomic E-state index is -1.13. The molecular formula is C28H37N3O5. The molecule has 4 aliphatic rings. The molecule has 1 aromatic carbocycles. The van der Waals surface area contributed by atoms with Gasteiger partial charge in [0.25, 0.3) is 0 Å². The number of aryl methyl sites for hydroxylation is 2. The van der Waals surface area contributed by atoms with Crippen molar-refractivity contribution in [2.75, 3.05) is 25.6 Å². The molecule has 1 spiro atoms. The molecule has 2 bridgehead atoms. The lowest BCUT2D eigenvalue weighted by Gasteiger charge is -2.34. The first-order valence-corrected chi connectivity index (χ1v) is 13.2. The van der Waals surface area contributed by atoms with Crippen molar-refractivity contribution in [2.45, 2.75) is 76.2 Å². The summed E-state index contributed by atoms with van der Waals surface area (Å²) in [5.74, 6) is -2.05. The number of nitrogens with one attached hydrogen (secondary N) is 2. The molecule has 3 heterocycles. The molecule has 36 heavy (non-hydrogen) atoms. The van der Waals surface area contributed by atoms with Gasteiger partial charge in [0.05, 0.1) is 17.9 Å². The van der Waals surface area contributed by atoms with Crippen LogP contribution in [0.2, 0.25) is 0 Å². The standard InChI is InChI=1S/C28H37N3O5/c1-17-14-18(2)16-20(15-17)30-25(32)22-21-10-11-28(36-21)23(22)27(34)31(12-7-13-35-3)24(28)26(33)29-19-8-5-4-6-9-19/h10-11,14-16,19,21-24H,4-9,12-13H2,1-3H3,(H,29,33)(H,30,32)/t21-,22?,23-,24?,28?/m0/s1. The lowest BCUT2D eigenvalue weighted by molar-refractivity contribution is -0.141. The molecule has 5 atom stereocenters. The van der Waals surface area contributed by atoms with Crippen LogP contribution in [-0.2, 0) is 23.9 Å². The van der Waals surface area contributed by atoms with Crippen molar-refractivity contribution in [3.05, 3.63) is 41.5 Å². The first-order valence-electron chi connectivity index (χ1n) is 13.2. The third-order valence-corrected chi connectivity index (χ3v) is 8.11. The summed E-state index contributed by atoms with van der Waals surface area (Å²) in [4.78, 5) is 42.8. The lowest BCUT2D eigenvalue weighted by Crippen LogP contribution is -2.56. The van der Waals surface area contributed by atoms with Gasteiger partial charge in [-0.05, 0) is 56.4 Å². The van der Waals surface area contributed by atoms with Crippen molar-refractivity contribution in [3.8, 4) is 0 Å². The van der Waals surface area contributed by atoms with E-state index in [9.17, 15) is 14.4 Å². The van der Waals surface area contributed by atoms with Gasteiger partial charge in [0.2, 0.25) is 17.7 Å². The summed E-state index contributed by atoms with van der Waals surface area (Å²) in [6.45, 7) is 4.82. The molecule has 3 amide bonds. The summed E-state index contributed by atoms with van der Waals surface area (Å²) < 4.78 is 11.6. The average molecular weight is 496 g/mol. The number of carbonyl (C=O) groups excluding carboxylic acids is 3. The van der Waals surface area contributed by atoms with Crippen LogP contribution < -0.4 is 10.6 Å². The molecular weight excluding hydrogens is 458 g/mol. The molecule has 3 unspecified atom stereocenters. The van der Waals surface area contributed by atoms with Gasteiger partial charge in [-0.1, -0.05) is 37.5 Å². The Morgan fingerprint density at radius 2 is 1.83 bits per heavy atom. The van der Waals surface area contributed by atoms with Crippen LogP contribution in [0.15, 0.2) is 30.4 Å². The van der Waals surface area contributed by atoms with Gasteiger partial charge < -0.3 is 25.0 Å². The Labute approximate surface area is 212 Å². The third-order valence-electron chi connectivity index (χ3n) is 8.11. The maximum atomic E-state index is 13.9. The minimum absolute atomic E-state index is 0.115. The highest BCUT2D eigenvalue weighted by Gasteiger charge is 2.72. The Bertz CT molecular complexity index is 1050. The fourth-order valence-electron chi connectivity index (χ4n) is 6.69. The monoisotopic (exact) mass is 495 g/mol. The van der Waals surface area contributed by atoms with Crippen molar-refractivity contribution < 1.29 is 23.9 Å². The quantitative estimate of drug-likeness (QED) is 0.427.